The van der Waals surface area contributed by atoms with E-state index in [-0.39, 0.29) is 23.3 Å². The van der Waals surface area contributed by atoms with Gasteiger partial charge in [-0.1, -0.05) is 56.3 Å². The van der Waals surface area contributed by atoms with Crippen molar-refractivity contribution < 1.29 is 13.2 Å². The highest BCUT2D eigenvalue weighted by molar-refractivity contribution is 7.91. The van der Waals surface area contributed by atoms with Gasteiger partial charge < -0.3 is 4.90 Å². The molecule has 1 aliphatic rings. The van der Waals surface area contributed by atoms with Gasteiger partial charge in [0.25, 0.3) is 0 Å². The highest BCUT2D eigenvalue weighted by Gasteiger charge is 2.30. The van der Waals surface area contributed by atoms with Gasteiger partial charge in [-0.3, -0.25) is 4.79 Å². The lowest BCUT2D eigenvalue weighted by Crippen LogP contribution is -2.35. The number of hydrogen-bond acceptors (Lipinski definition) is 3. The number of carbonyl (C=O) groups is 1. The van der Waals surface area contributed by atoms with E-state index in [0.29, 0.717) is 31.8 Å². The van der Waals surface area contributed by atoms with E-state index in [2.05, 4.69) is 13.8 Å². The van der Waals surface area contributed by atoms with Crippen LogP contribution >= 0.6 is 0 Å². The van der Waals surface area contributed by atoms with E-state index in [4.69, 9.17) is 0 Å². The van der Waals surface area contributed by atoms with E-state index in [9.17, 15) is 13.2 Å². The summed E-state index contributed by atoms with van der Waals surface area (Å²) in [6, 6.07) is 9.99. The van der Waals surface area contributed by atoms with Crippen molar-refractivity contribution >= 4 is 21.8 Å². The third kappa shape index (κ3) is 6.11. The molecule has 0 N–H and O–H groups in total. The van der Waals surface area contributed by atoms with Crippen molar-refractivity contribution in [2.75, 3.05) is 24.6 Å². The zero-order valence-corrected chi connectivity index (χ0v) is 15.3. The predicted octanol–water partition coefficient (Wildman–Crippen LogP) is 3.01. The van der Waals surface area contributed by atoms with Gasteiger partial charge in [-0.25, -0.2) is 8.42 Å². The Hall–Kier alpha value is -1.62. The smallest absolute Gasteiger partial charge is 0.223 e. The highest BCUT2D eigenvalue weighted by atomic mass is 32.2. The number of amides is 1. The second-order valence-corrected chi connectivity index (χ2v) is 9.21. The van der Waals surface area contributed by atoms with E-state index >= 15 is 0 Å². The maximum atomic E-state index is 12.6. The standard InChI is InChI=1S/C19H27NO3S/c1-16(2)14-20(11-6-9-17-7-4-3-5-8-17)19(21)13-18-10-12-24(22,23)15-18/h3-9,16,18H,10-15H2,1-2H3/b9-6+/t18-/m1/s1. The van der Waals surface area contributed by atoms with Crippen LogP contribution in [-0.2, 0) is 14.6 Å². The van der Waals surface area contributed by atoms with Crippen molar-refractivity contribution in [2.24, 2.45) is 11.8 Å². The molecule has 1 aliphatic heterocycles. The molecule has 0 radical (unpaired) electrons. The minimum absolute atomic E-state index is 0.0183. The summed E-state index contributed by atoms with van der Waals surface area (Å²) in [5.41, 5.74) is 1.11. The minimum atomic E-state index is -2.93. The SMILES string of the molecule is CC(C)CN(C/C=C/c1ccccc1)C(=O)C[C@H]1CCS(=O)(=O)C1. The van der Waals surface area contributed by atoms with Crippen LogP contribution < -0.4 is 0 Å². The summed E-state index contributed by atoms with van der Waals surface area (Å²) in [5, 5.41) is 0. The fraction of sp³-hybridized carbons (Fsp3) is 0.526. The summed E-state index contributed by atoms with van der Waals surface area (Å²) in [6.07, 6.45) is 4.97. The number of carbonyl (C=O) groups excluding carboxylic acids is 1. The summed E-state index contributed by atoms with van der Waals surface area (Å²) >= 11 is 0. The van der Waals surface area contributed by atoms with Crippen LogP contribution in [-0.4, -0.2) is 43.8 Å². The monoisotopic (exact) mass is 349 g/mol. The van der Waals surface area contributed by atoms with Gasteiger partial charge in [-0.05, 0) is 23.8 Å². The Morgan fingerprint density at radius 2 is 2.00 bits per heavy atom. The molecule has 1 aromatic carbocycles. The third-order valence-electron chi connectivity index (χ3n) is 4.16. The normalized spacial score (nSPS) is 19.9. The van der Waals surface area contributed by atoms with Crippen molar-refractivity contribution in [1.82, 2.24) is 4.90 Å². The maximum absolute atomic E-state index is 12.6. The number of rotatable bonds is 7. The fourth-order valence-electron chi connectivity index (χ4n) is 3.01. The van der Waals surface area contributed by atoms with Crippen LogP contribution in [0.4, 0.5) is 0 Å². The average Bonchev–Trinajstić information content (AvgIpc) is 2.85. The first-order valence-corrected chi connectivity index (χ1v) is 10.4. The second kappa shape index (κ2) is 8.47. The maximum Gasteiger partial charge on any atom is 0.223 e. The first-order chi connectivity index (χ1) is 11.4. The van der Waals surface area contributed by atoms with Crippen LogP contribution in [0.3, 0.4) is 0 Å². The Morgan fingerprint density at radius 3 is 2.58 bits per heavy atom. The molecule has 5 heteroatoms. The molecule has 0 aliphatic carbocycles. The average molecular weight is 349 g/mol. The van der Waals surface area contributed by atoms with E-state index in [0.717, 1.165) is 5.56 Å². The lowest BCUT2D eigenvalue weighted by Gasteiger charge is -2.24. The van der Waals surface area contributed by atoms with Gasteiger partial charge in [0.2, 0.25) is 5.91 Å². The fourth-order valence-corrected chi connectivity index (χ4v) is 4.87. The first-order valence-electron chi connectivity index (χ1n) is 8.55. The third-order valence-corrected chi connectivity index (χ3v) is 6.00. The molecule has 0 saturated carbocycles. The van der Waals surface area contributed by atoms with Gasteiger partial charge in [0.05, 0.1) is 11.5 Å². The number of sulfone groups is 1. The van der Waals surface area contributed by atoms with Crippen LogP contribution in [0.1, 0.15) is 32.3 Å². The molecule has 1 saturated heterocycles. The Balaban J connectivity index is 1.94. The molecule has 1 atom stereocenters. The summed E-state index contributed by atoms with van der Waals surface area (Å²) in [6.45, 7) is 5.42. The molecular formula is C19H27NO3S. The largest absolute Gasteiger partial charge is 0.339 e. The van der Waals surface area contributed by atoms with Crippen LogP contribution in [0, 0.1) is 11.8 Å². The molecule has 1 heterocycles. The zero-order chi connectivity index (χ0) is 17.6. The van der Waals surface area contributed by atoms with Gasteiger partial charge in [0.1, 0.15) is 0 Å². The first kappa shape index (κ1) is 18.7. The van der Waals surface area contributed by atoms with Crippen molar-refractivity contribution in [3.05, 3.63) is 42.0 Å². The molecule has 0 aromatic heterocycles. The molecule has 0 spiro atoms. The van der Waals surface area contributed by atoms with Crippen LogP contribution in [0.15, 0.2) is 36.4 Å². The van der Waals surface area contributed by atoms with E-state index in [1.54, 1.807) is 0 Å². The quantitative estimate of drug-likeness (QED) is 0.760. The molecule has 0 bridgehead atoms. The topological polar surface area (TPSA) is 54.5 Å². The van der Waals surface area contributed by atoms with Gasteiger partial charge in [0, 0.05) is 19.5 Å². The van der Waals surface area contributed by atoms with Crippen molar-refractivity contribution in [3.63, 3.8) is 0 Å². The van der Waals surface area contributed by atoms with E-state index in [1.165, 1.54) is 0 Å². The summed E-state index contributed by atoms with van der Waals surface area (Å²) in [7, 11) is -2.93. The van der Waals surface area contributed by atoms with E-state index in [1.807, 2.05) is 47.4 Å². The van der Waals surface area contributed by atoms with E-state index < -0.39 is 9.84 Å². The van der Waals surface area contributed by atoms with Crippen molar-refractivity contribution in [1.29, 1.82) is 0 Å². The van der Waals surface area contributed by atoms with Crippen LogP contribution in [0.25, 0.3) is 6.08 Å². The van der Waals surface area contributed by atoms with Gasteiger partial charge in [0.15, 0.2) is 9.84 Å². The number of nitrogens with zero attached hydrogens (tertiary/aromatic N) is 1. The Bertz CT molecular complexity index is 665. The van der Waals surface area contributed by atoms with Gasteiger partial charge in [-0.2, -0.15) is 0 Å². The van der Waals surface area contributed by atoms with Crippen LogP contribution in [0.5, 0.6) is 0 Å². The number of hydrogen-bond donors (Lipinski definition) is 0. The Kier molecular flexibility index (Phi) is 6.60. The second-order valence-electron chi connectivity index (χ2n) is 6.98. The molecular weight excluding hydrogens is 322 g/mol. The molecule has 132 valence electrons. The lowest BCUT2D eigenvalue weighted by atomic mass is 10.0. The Labute approximate surface area is 145 Å². The van der Waals surface area contributed by atoms with Crippen LogP contribution in [0.2, 0.25) is 0 Å². The highest BCUT2D eigenvalue weighted by Crippen LogP contribution is 2.22. The molecule has 1 amide bonds. The lowest BCUT2D eigenvalue weighted by molar-refractivity contribution is -0.132. The predicted molar refractivity (Wildman–Crippen MR) is 98.3 cm³/mol. The molecule has 1 aromatic rings. The molecule has 0 unspecified atom stereocenters. The molecule has 1 fully saturated rings. The Morgan fingerprint density at radius 1 is 1.29 bits per heavy atom. The number of benzene rings is 1. The zero-order valence-electron chi connectivity index (χ0n) is 14.5. The van der Waals surface area contributed by atoms with Gasteiger partial charge >= 0.3 is 0 Å². The molecule has 24 heavy (non-hydrogen) atoms. The van der Waals surface area contributed by atoms with Gasteiger partial charge in [-0.15, -0.1) is 0 Å². The van der Waals surface area contributed by atoms with Crippen molar-refractivity contribution in [3.8, 4) is 0 Å². The summed E-state index contributed by atoms with van der Waals surface area (Å²) < 4.78 is 23.1. The van der Waals surface area contributed by atoms with Crippen molar-refractivity contribution in [2.45, 2.75) is 26.7 Å². The summed E-state index contributed by atoms with van der Waals surface area (Å²) in [5.74, 6) is 0.808. The molecule has 4 nitrogen and oxygen atoms in total. The minimum Gasteiger partial charge on any atom is -0.339 e. The molecule has 2 rings (SSSR count). The summed E-state index contributed by atoms with van der Waals surface area (Å²) in [4.78, 5) is 14.4.